The van der Waals surface area contributed by atoms with Gasteiger partial charge in [0.05, 0.1) is 34.9 Å². The molecule has 2 aromatic rings. The number of esters is 2. The molecule has 5 saturated carbocycles. The smallest absolute Gasteiger partial charge is 0.340 e. The molecule has 22 unspecified atom stereocenters. The van der Waals surface area contributed by atoms with Gasteiger partial charge in [-0.3, -0.25) is 19.8 Å². The lowest BCUT2D eigenvalue weighted by Crippen LogP contribution is -2.57. The van der Waals surface area contributed by atoms with Crippen LogP contribution in [0.1, 0.15) is 147 Å². The van der Waals surface area contributed by atoms with E-state index in [1.54, 1.807) is 17.1 Å². The highest BCUT2D eigenvalue weighted by molar-refractivity contribution is 8.77. The SMILES string of the molecule is CCC1(C2=C3OC(=O)C4=C3C(CC2)CC2C3CCC5(C6=CCC(C7C8C=CC9C#CC(C(O)Cc%10ccccc%10)CC(CO)CC(C8)CC97)C(NC7CCC8CCCC(Cc9cnc[nH]9)C8C7O)SSC7C=CC8=C(NCC=C8C(CN8C(=O)C=CC8=O)C3=C5C(=O)O6)N7)C42)CCCC1. The lowest BCUT2D eigenvalue weighted by atomic mass is 9.42. The van der Waals surface area contributed by atoms with Crippen molar-refractivity contribution in [3.63, 3.8) is 0 Å². The number of aromatic amines is 1. The summed E-state index contributed by atoms with van der Waals surface area (Å²) in [6.45, 7) is 2.89. The third-order valence-electron chi connectivity index (χ3n) is 28.3. The van der Waals surface area contributed by atoms with Gasteiger partial charge in [-0.15, -0.1) is 0 Å². The van der Waals surface area contributed by atoms with Gasteiger partial charge in [-0.1, -0.05) is 127 Å². The van der Waals surface area contributed by atoms with Crippen molar-refractivity contribution in [2.75, 3.05) is 19.7 Å². The lowest BCUT2D eigenvalue weighted by molar-refractivity contribution is -0.138. The number of carbonyl (C=O) groups is 4. The molecule has 18 aliphatic rings. The van der Waals surface area contributed by atoms with E-state index in [-0.39, 0.29) is 118 Å². The number of fused-ring (bicyclic) bond motifs is 10. The molecule has 6 fully saturated rings. The average molecular weight is 1370 g/mol. The minimum Gasteiger partial charge on any atom is -0.427 e. The zero-order valence-corrected chi connectivity index (χ0v) is 58.6. The molecule has 0 radical (unpaired) electrons. The molecule has 1 spiro atoms. The normalized spacial score (nSPS) is 40.2. The Bertz CT molecular complexity index is 3960. The number of dihydropyridines is 2. The lowest BCUT2D eigenvalue weighted by Gasteiger charge is -2.58. The Hall–Kier alpha value is -6.13. The van der Waals surface area contributed by atoms with Gasteiger partial charge in [-0.2, -0.15) is 0 Å². The fourth-order valence-corrected chi connectivity index (χ4v) is 27.0. The average Bonchev–Trinajstić information content (AvgIpc) is 1.57. The minimum atomic E-state index is -1.06. The molecule has 520 valence electrons. The molecular formula is C82H96N6O9S2. The molecule has 20 rings (SSSR count). The first kappa shape index (κ1) is 64.9. The molecule has 7 aliphatic heterocycles. The van der Waals surface area contributed by atoms with Crippen LogP contribution in [-0.4, -0.2) is 103 Å². The number of rotatable bonds is 13. The fraction of sp³-hybridized carbons (Fsp3) is 0.598. The van der Waals surface area contributed by atoms with Crippen LogP contribution in [-0.2, 0) is 41.5 Å². The Labute approximate surface area is 590 Å². The van der Waals surface area contributed by atoms with Crippen LogP contribution < -0.4 is 16.0 Å². The van der Waals surface area contributed by atoms with Crippen LogP contribution in [0.5, 0.6) is 0 Å². The van der Waals surface area contributed by atoms with Crippen molar-refractivity contribution in [3.05, 3.63) is 159 Å². The summed E-state index contributed by atoms with van der Waals surface area (Å²) < 4.78 is 14.1. The van der Waals surface area contributed by atoms with Gasteiger partial charge in [0.15, 0.2) is 0 Å². The number of hydrogen-bond acceptors (Lipinski definition) is 15. The zero-order valence-electron chi connectivity index (χ0n) is 57.0. The van der Waals surface area contributed by atoms with Crippen molar-refractivity contribution < 1.29 is 44.0 Å². The van der Waals surface area contributed by atoms with Crippen molar-refractivity contribution in [2.45, 2.75) is 177 Å². The first-order chi connectivity index (χ1) is 48.4. The Morgan fingerprint density at radius 1 is 0.838 bits per heavy atom. The molecule has 8 heterocycles. The Morgan fingerprint density at radius 3 is 2.52 bits per heavy atom. The van der Waals surface area contributed by atoms with Gasteiger partial charge in [0.1, 0.15) is 22.7 Å². The molecule has 11 aliphatic carbocycles. The second-order valence-electron chi connectivity index (χ2n) is 32.8. The van der Waals surface area contributed by atoms with Crippen molar-refractivity contribution in [1.29, 1.82) is 0 Å². The summed E-state index contributed by atoms with van der Waals surface area (Å²) in [5.41, 5.74) is 7.75. The van der Waals surface area contributed by atoms with E-state index < -0.39 is 35.4 Å². The number of H-pyrrole nitrogens is 1. The van der Waals surface area contributed by atoms with Crippen molar-refractivity contribution in [1.82, 2.24) is 30.8 Å². The molecule has 1 aromatic heterocycles. The van der Waals surface area contributed by atoms with E-state index in [2.05, 4.69) is 93.3 Å². The van der Waals surface area contributed by atoms with Crippen molar-refractivity contribution >= 4 is 45.3 Å². The number of hydrogen-bond donors (Lipinski definition) is 7. The fourth-order valence-electron chi connectivity index (χ4n) is 24.2. The van der Waals surface area contributed by atoms with E-state index in [1.165, 1.54) is 22.6 Å². The number of allylic oxidation sites excluding steroid dienone is 8. The molecule has 7 N–H and O–H groups in total. The predicted molar refractivity (Wildman–Crippen MR) is 379 cm³/mol. The van der Waals surface area contributed by atoms with Crippen LogP contribution in [0, 0.1) is 117 Å². The van der Waals surface area contributed by atoms with Gasteiger partial charge in [0.2, 0.25) is 0 Å². The van der Waals surface area contributed by atoms with Crippen molar-refractivity contribution in [2.24, 2.45) is 106 Å². The van der Waals surface area contributed by atoms with Gasteiger partial charge in [-0.05, 0) is 220 Å². The maximum Gasteiger partial charge on any atom is 0.340 e. The number of aliphatic hydroxyl groups is 3. The Kier molecular flexibility index (Phi) is 17.0. The van der Waals surface area contributed by atoms with E-state index in [1.807, 2.05) is 35.2 Å². The number of ether oxygens (including phenoxy) is 2. The molecule has 99 heavy (non-hydrogen) atoms. The maximum atomic E-state index is 16.3. The van der Waals surface area contributed by atoms with E-state index in [4.69, 9.17) is 9.47 Å². The largest absolute Gasteiger partial charge is 0.427 e. The molecule has 15 nitrogen and oxygen atoms in total. The number of aromatic nitrogens is 2. The molecule has 1 aromatic carbocycles. The summed E-state index contributed by atoms with van der Waals surface area (Å²) in [4.78, 5) is 69.3. The quantitative estimate of drug-likeness (QED) is 0.0326. The molecule has 17 heteroatoms. The van der Waals surface area contributed by atoms with Crippen LogP contribution in [0.2, 0.25) is 0 Å². The Morgan fingerprint density at radius 2 is 1.70 bits per heavy atom. The van der Waals surface area contributed by atoms with Gasteiger partial charge < -0.3 is 40.4 Å². The number of imidazole rings is 1. The summed E-state index contributed by atoms with van der Waals surface area (Å²) in [6.07, 6.45) is 38.9. The number of nitrogens with one attached hydrogen (secondary N) is 4. The number of imide groups is 1. The summed E-state index contributed by atoms with van der Waals surface area (Å²) >= 11 is 0. The van der Waals surface area contributed by atoms with E-state index in [0.717, 1.165) is 166 Å². The maximum absolute atomic E-state index is 16.3. The molecule has 12 bridgehead atoms. The molecule has 2 amide bonds. The summed E-state index contributed by atoms with van der Waals surface area (Å²) in [7, 11) is 3.65. The highest BCUT2D eigenvalue weighted by Crippen LogP contribution is 2.74. The first-order valence-electron chi connectivity index (χ1n) is 38.2. The summed E-state index contributed by atoms with van der Waals surface area (Å²) in [5.74, 6) is 8.39. The topological polar surface area (TPSA) is 215 Å². The van der Waals surface area contributed by atoms with Gasteiger partial charge in [0, 0.05) is 90.2 Å². The van der Waals surface area contributed by atoms with Crippen LogP contribution >= 0.6 is 21.6 Å². The third-order valence-corrected chi connectivity index (χ3v) is 31.2. The van der Waals surface area contributed by atoms with Crippen LogP contribution in [0.3, 0.4) is 0 Å². The first-order valence-corrected chi connectivity index (χ1v) is 40.4. The third kappa shape index (κ3) is 10.9. The van der Waals surface area contributed by atoms with E-state index >= 15 is 9.59 Å². The Balaban J connectivity index is 0.813. The number of carbonyl (C=O) groups excluding carboxylic acids is 4. The number of nitrogens with zero attached hydrogens (tertiary/aromatic N) is 2. The second kappa shape index (κ2) is 26.0. The predicted octanol–water partition coefficient (Wildman–Crippen LogP) is 11.9. The zero-order chi connectivity index (χ0) is 67.0. The highest BCUT2D eigenvalue weighted by atomic mass is 33.1. The molecule has 1 saturated heterocycles. The molecular weight excluding hydrogens is 1280 g/mol. The highest BCUT2D eigenvalue weighted by Gasteiger charge is 2.71. The number of benzene rings is 1. The number of aliphatic hydroxyl groups excluding tert-OH is 3. The number of amides is 2. The standard InChI is InChI=1S/C82H96N6O9S2/c1-2-81(29-6-7-30-81)61-21-17-52-39-59-55-27-31-82(73(59)72-70(52)76(61)97-79(72)94)64-23-19-57(69-51-16-14-47-13-15-49(63(90)37-44-9-4-3-5-10-44)35-46(42-89)33-45(34-51)36-58(47)69)78(86-62-22-18-48-11-8-12-50(68(48)75(62)93)38-53-40-83-43-85-53)99-98-65-24-20-56-54(28-32-84-77(56)87-65)60(71(55)74(82)80(95)96-64)41-88-66(91)25-26-67(88)92/h3-5,9-10,14,16,20,23-26,28,40,43,45-52,55,57-60,62-63,65,68-69,73,75,78,84,86-87,89-90,93H,2,6-8,11-12,17-19,21-22,27,29-39,41-42H2,1H3,(H,83,85). The van der Waals surface area contributed by atoms with Crippen LogP contribution in [0.15, 0.2) is 148 Å². The monoisotopic (exact) mass is 1370 g/mol. The minimum absolute atomic E-state index is 0.00325. The summed E-state index contributed by atoms with van der Waals surface area (Å²) in [5, 5.41) is 48.4. The summed E-state index contributed by atoms with van der Waals surface area (Å²) in [6, 6.07) is 9.96. The molecule has 22 atom stereocenters. The second-order valence-corrected chi connectivity index (χ2v) is 35.4. The van der Waals surface area contributed by atoms with Crippen LogP contribution in [0.4, 0.5) is 0 Å². The van der Waals surface area contributed by atoms with Gasteiger partial charge in [0.25, 0.3) is 11.8 Å². The van der Waals surface area contributed by atoms with E-state index in [9.17, 15) is 24.9 Å². The van der Waals surface area contributed by atoms with E-state index in [0.29, 0.717) is 61.3 Å². The van der Waals surface area contributed by atoms with Crippen LogP contribution in [0.25, 0.3) is 0 Å². The van der Waals surface area contributed by atoms with Gasteiger partial charge >= 0.3 is 11.9 Å². The van der Waals surface area contributed by atoms with Crippen molar-refractivity contribution in [3.8, 4) is 11.8 Å². The van der Waals surface area contributed by atoms with Gasteiger partial charge in [-0.25, -0.2) is 14.6 Å².